The minimum absolute atomic E-state index is 0.189. The highest BCUT2D eigenvalue weighted by Gasteiger charge is 2.19. The van der Waals surface area contributed by atoms with Crippen molar-refractivity contribution >= 4 is 10.2 Å². The minimum atomic E-state index is 0.189. The Morgan fingerprint density at radius 3 is 2.17 bits per heavy atom. The number of hydrogen-bond acceptors (Lipinski definition) is 1. The highest BCUT2D eigenvalue weighted by Crippen LogP contribution is 2.17. The Kier molecular flexibility index (Phi) is 5.10. The van der Waals surface area contributed by atoms with Crippen molar-refractivity contribution in [3.63, 3.8) is 0 Å². The van der Waals surface area contributed by atoms with Crippen LogP contribution >= 0.6 is 0 Å². The van der Waals surface area contributed by atoms with Gasteiger partial charge in [0.05, 0.1) is 6.10 Å². The van der Waals surface area contributed by atoms with Gasteiger partial charge in [0.15, 0.2) is 0 Å². The lowest BCUT2D eigenvalue weighted by Gasteiger charge is -2.29. The zero-order chi connectivity index (χ0) is 9.78. The molecule has 0 saturated carbocycles. The molecule has 0 rings (SSSR count). The third kappa shape index (κ3) is 5.78. The molecule has 0 radical (unpaired) electrons. The summed E-state index contributed by atoms with van der Waals surface area (Å²) in [6.45, 7) is 11.1. The Balaban J connectivity index is 3.75. The van der Waals surface area contributed by atoms with Crippen LogP contribution in [0.5, 0.6) is 0 Å². The van der Waals surface area contributed by atoms with Gasteiger partial charge in [-0.1, -0.05) is 20.8 Å². The van der Waals surface area contributed by atoms with Gasteiger partial charge in [-0.3, -0.25) is 0 Å². The fourth-order valence-electron chi connectivity index (χ4n) is 1.34. The van der Waals surface area contributed by atoms with E-state index in [9.17, 15) is 0 Å². The van der Waals surface area contributed by atoms with Crippen LogP contribution in [0.4, 0.5) is 0 Å². The van der Waals surface area contributed by atoms with Gasteiger partial charge in [-0.05, 0) is 32.6 Å². The van der Waals surface area contributed by atoms with E-state index in [1.54, 1.807) is 0 Å². The zero-order valence-corrected chi connectivity index (χ0v) is 11.5. The van der Waals surface area contributed by atoms with Crippen LogP contribution in [0.3, 0.4) is 0 Å². The standard InChI is InChI=1S/C10H24OSi/c1-6-10(5,12)11-9(4)7-8(2)3/h8-9H,6-7H2,1-5,12H3. The summed E-state index contributed by atoms with van der Waals surface area (Å²) >= 11 is 0. The van der Waals surface area contributed by atoms with E-state index in [1.807, 2.05) is 0 Å². The van der Waals surface area contributed by atoms with Crippen molar-refractivity contribution in [3.8, 4) is 0 Å². The molecule has 0 aromatic carbocycles. The van der Waals surface area contributed by atoms with Gasteiger partial charge in [0, 0.05) is 15.5 Å². The number of rotatable bonds is 5. The molecule has 2 atom stereocenters. The van der Waals surface area contributed by atoms with Crippen LogP contribution in [-0.4, -0.2) is 21.6 Å². The lowest BCUT2D eigenvalue weighted by Crippen LogP contribution is -2.32. The topological polar surface area (TPSA) is 9.23 Å². The van der Waals surface area contributed by atoms with Crippen molar-refractivity contribution in [1.82, 2.24) is 0 Å². The first-order chi connectivity index (χ1) is 5.37. The predicted molar refractivity (Wildman–Crippen MR) is 58.6 cm³/mol. The molecule has 0 N–H and O–H groups in total. The maximum absolute atomic E-state index is 5.96. The Morgan fingerprint density at radius 1 is 1.33 bits per heavy atom. The highest BCUT2D eigenvalue weighted by molar-refractivity contribution is 6.14. The third-order valence-corrected chi connectivity index (χ3v) is 3.12. The molecule has 0 aliphatic rings. The van der Waals surface area contributed by atoms with Crippen LogP contribution in [0.2, 0.25) is 0 Å². The SMILES string of the molecule is CCC(C)([SiH3])OC(C)CC(C)C. The summed E-state index contributed by atoms with van der Waals surface area (Å²) < 4.78 is 5.96. The van der Waals surface area contributed by atoms with Crippen LogP contribution in [-0.2, 0) is 4.74 Å². The fraction of sp³-hybridized carbons (Fsp3) is 1.00. The minimum Gasteiger partial charge on any atom is -0.377 e. The molecule has 0 amide bonds. The summed E-state index contributed by atoms with van der Waals surface area (Å²) in [6.07, 6.45) is 2.74. The van der Waals surface area contributed by atoms with Crippen molar-refractivity contribution in [3.05, 3.63) is 0 Å². The average Bonchev–Trinajstić information content (AvgIpc) is 1.84. The molecule has 0 aliphatic carbocycles. The summed E-state index contributed by atoms with van der Waals surface area (Å²) in [6, 6.07) is 0. The molecule has 2 unspecified atom stereocenters. The maximum atomic E-state index is 5.96. The van der Waals surface area contributed by atoms with Crippen molar-refractivity contribution in [2.75, 3.05) is 0 Å². The monoisotopic (exact) mass is 188 g/mol. The Labute approximate surface area is 80.3 Å². The molecule has 0 aromatic rings. The molecule has 2 heteroatoms. The number of ether oxygens (including phenoxy) is 1. The Morgan fingerprint density at radius 2 is 1.83 bits per heavy atom. The van der Waals surface area contributed by atoms with Gasteiger partial charge >= 0.3 is 0 Å². The molecular weight excluding hydrogens is 164 g/mol. The Bertz CT molecular complexity index is 121. The van der Waals surface area contributed by atoms with Gasteiger partial charge < -0.3 is 4.74 Å². The van der Waals surface area contributed by atoms with Crippen LogP contribution in [0.15, 0.2) is 0 Å². The molecule has 12 heavy (non-hydrogen) atoms. The van der Waals surface area contributed by atoms with E-state index < -0.39 is 0 Å². The zero-order valence-electron chi connectivity index (χ0n) is 9.48. The van der Waals surface area contributed by atoms with Gasteiger partial charge in [0.25, 0.3) is 0 Å². The van der Waals surface area contributed by atoms with Crippen molar-refractivity contribution < 1.29 is 4.74 Å². The highest BCUT2D eigenvalue weighted by atomic mass is 28.1. The number of hydrogen-bond donors (Lipinski definition) is 0. The van der Waals surface area contributed by atoms with Crippen LogP contribution < -0.4 is 0 Å². The molecule has 0 bridgehead atoms. The van der Waals surface area contributed by atoms with E-state index in [-0.39, 0.29) is 5.22 Å². The summed E-state index contributed by atoms with van der Waals surface area (Å²) in [5.41, 5.74) is 0. The predicted octanol–water partition coefficient (Wildman–Crippen LogP) is 1.93. The molecule has 0 fully saturated rings. The first kappa shape index (κ1) is 12.2. The molecule has 74 valence electrons. The van der Waals surface area contributed by atoms with Crippen molar-refractivity contribution in [1.29, 1.82) is 0 Å². The summed E-state index contributed by atoms with van der Waals surface area (Å²) in [7, 11) is 1.12. The Hall–Kier alpha value is 0.177. The van der Waals surface area contributed by atoms with Gasteiger partial charge in [0.2, 0.25) is 0 Å². The van der Waals surface area contributed by atoms with Gasteiger partial charge in [-0.25, -0.2) is 0 Å². The molecule has 0 heterocycles. The van der Waals surface area contributed by atoms with Crippen molar-refractivity contribution in [2.45, 2.75) is 58.8 Å². The summed E-state index contributed by atoms with van der Waals surface area (Å²) in [4.78, 5) is 0. The average molecular weight is 188 g/mol. The molecule has 0 spiro atoms. The smallest absolute Gasteiger partial charge is 0.0552 e. The summed E-state index contributed by atoms with van der Waals surface area (Å²) in [5, 5.41) is 0.189. The lowest BCUT2D eigenvalue weighted by atomic mass is 10.1. The second-order valence-electron chi connectivity index (χ2n) is 4.67. The van der Waals surface area contributed by atoms with Crippen LogP contribution in [0.25, 0.3) is 0 Å². The third-order valence-electron chi connectivity index (χ3n) is 2.17. The van der Waals surface area contributed by atoms with Gasteiger partial charge in [-0.2, -0.15) is 0 Å². The van der Waals surface area contributed by atoms with Crippen LogP contribution in [0.1, 0.15) is 47.5 Å². The normalized spacial score (nSPS) is 19.5. The van der Waals surface area contributed by atoms with Gasteiger partial charge in [-0.15, -0.1) is 0 Å². The second-order valence-corrected chi connectivity index (χ2v) is 6.79. The second kappa shape index (κ2) is 5.03. The van der Waals surface area contributed by atoms with E-state index in [4.69, 9.17) is 4.74 Å². The van der Waals surface area contributed by atoms with E-state index in [0.29, 0.717) is 6.10 Å². The van der Waals surface area contributed by atoms with E-state index >= 15 is 0 Å². The first-order valence-corrected chi connectivity index (χ1v) is 6.05. The van der Waals surface area contributed by atoms with Gasteiger partial charge in [0.1, 0.15) is 0 Å². The summed E-state index contributed by atoms with van der Waals surface area (Å²) in [5.74, 6) is 0.745. The quantitative estimate of drug-likeness (QED) is 0.599. The first-order valence-electron chi connectivity index (χ1n) is 5.05. The molecule has 0 aromatic heterocycles. The lowest BCUT2D eigenvalue weighted by molar-refractivity contribution is -0.0314. The van der Waals surface area contributed by atoms with E-state index in [2.05, 4.69) is 34.6 Å². The molecule has 1 nitrogen and oxygen atoms in total. The van der Waals surface area contributed by atoms with E-state index in [1.165, 1.54) is 6.42 Å². The fourth-order valence-corrected chi connectivity index (χ4v) is 1.74. The van der Waals surface area contributed by atoms with Crippen molar-refractivity contribution in [2.24, 2.45) is 5.92 Å². The largest absolute Gasteiger partial charge is 0.377 e. The maximum Gasteiger partial charge on any atom is 0.0552 e. The molecular formula is C10H24OSi. The molecule has 0 saturated heterocycles. The van der Waals surface area contributed by atoms with E-state index in [0.717, 1.165) is 22.6 Å². The van der Waals surface area contributed by atoms with Crippen LogP contribution in [0, 0.1) is 5.92 Å². The molecule has 0 aliphatic heterocycles.